The summed E-state index contributed by atoms with van der Waals surface area (Å²) in [5.74, 6) is 3.82. The van der Waals surface area contributed by atoms with Gasteiger partial charge in [-0.05, 0) is 25.8 Å². The molecule has 1 heterocycles. The first-order chi connectivity index (χ1) is 6.42. The van der Waals surface area contributed by atoms with Crippen molar-refractivity contribution in [1.82, 2.24) is 5.23 Å². The van der Waals surface area contributed by atoms with Crippen LogP contribution in [0.2, 0.25) is 0 Å². The summed E-state index contributed by atoms with van der Waals surface area (Å²) < 4.78 is 0. The number of nitrogens with one attached hydrogen (secondary N) is 1. The van der Waals surface area contributed by atoms with Crippen LogP contribution in [0.5, 0.6) is 0 Å². The van der Waals surface area contributed by atoms with Crippen molar-refractivity contribution < 1.29 is 0 Å². The maximum Gasteiger partial charge on any atom is 0.178 e. The second-order valence-electron chi connectivity index (χ2n) is 3.85. The second-order valence-corrected chi connectivity index (χ2v) is 3.85. The topological polar surface area (TPSA) is 35.8 Å². The molecule has 0 aromatic heterocycles. The Balaban J connectivity index is 2.02. The minimum atomic E-state index is -0.861. The van der Waals surface area contributed by atoms with Crippen molar-refractivity contribution in [2.24, 2.45) is 0 Å². The third-order valence-electron chi connectivity index (χ3n) is 2.99. The molecule has 1 radical (unpaired) electrons. The van der Waals surface area contributed by atoms with Crippen LogP contribution in [-0.4, -0.2) is 13.4 Å². The molecule has 2 rings (SSSR count). The zero-order valence-electron chi connectivity index (χ0n) is 7.84. The van der Waals surface area contributed by atoms with Crippen LogP contribution in [0.1, 0.15) is 25.7 Å². The number of rotatable bonds is 1. The third-order valence-corrected chi connectivity index (χ3v) is 2.99. The summed E-state index contributed by atoms with van der Waals surface area (Å²) in [6, 6.07) is 0. The normalized spacial score (nSPS) is 29.2. The van der Waals surface area contributed by atoms with E-state index in [2.05, 4.69) is 23.7 Å². The van der Waals surface area contributed by atoms with Gasteiger partial charge in [0.25, 0.3) is 0 Å². The van der Waals surface area contributed by atoms with Crippen molar-refractivity contribution >= 4 is 6.85 Å². The van der Waals surface area contributed by atoms with Gasteiger partial charge in [0.15, 0.2) is 6.85 Å². The smallest absolute Gasteiger partial charge is 0.178 e. The molecule has 67 valence electrons. The SMILES string of the molecule is N#C[BH-]1NCC=C1[C]1[CH+]CCCC1. The lowest BCUT2D eigenvalue weighted by Crippen LogP contribution is -2.31. The van der Waals surface area contributed by atoms with Crippen LogP contribution in [-0.2, 0) is 0 Å². The summed E-state index contributed by atoms with van der Waals surface area (Å²) in [6.07, 6.45) is 9.50. The molecule has 1 atom stereocenters. The quantitative estimate of drug-likeness (QED) is 0.477. The van der Waals surface area contributed by atoms with E-state index >= 15 is 0 Å². The molecular formula is C10H14BN2. The summed E-state index contributed by atoms with van der Waals surface area (Å²) in [5.41, 5.74) is 1.32. The fourth-order valence-corrected chi connectivity index (χ4v) is 2.25. The highest BCUT2D eigenvalue weighted by atomic mass is 14.8. The molecule has 2 aliphatic rings. The van der Waals surface area contributed by atoms with Gasteiger partial charge >= 0.3 is 0 Å². The molecule has 1 N–H and O–H groups in total. The van der Waals surface area contributed by atoms with Gasteiger partial charge in [-0.1, -0.05) is 0 Å². The lowest BCUT2D eigenvalue weighted by molar-refractivity contribution is 0.635. The van der Waals surface area contributed by atoms with Crippen LogP contribution in [0.4, 0.5) is 0 Å². The van der Waals surface area contributed by atoms with Gasteiger partial charge in [-0.15, -0.1) is 12.0 Å². The van der Waals surface area contributed by atoms with Crippen LogP contribution >= 0.6 is 0 Å². The largest absolute Gasteiger partial charge is 0.472 e. The summed E-state index contributed by atoms with van der Waals surface area (Å²) in [6.45, 7) is 0.0285. The fraction of sp³-hybridized carbons (Fsp3) is 0.500. The van der Waals surface area contributed by atoms with Gasteiger partial charge < -0.3 is 5.23 Å². The van der Waals surface area contributed by atoms with Crippen molar-refractivity contribution in [2.75, 3.05) is 6.54 Å². The van der Waals surface area contributed by atoms with Crippen molar-refractivity contribution in [1.29, 1.82) is 5.26 Å². The van der Waals surface area contributed by atoms with Crippen LogP contribution in [0.15, 0.2) is 11.5 Å². The molecule has 1 unspecified atom stereocenters. The highest BCUT2D eigenvalue weighted by Crippen LogP contribution is 2.32. The zero-order valence-corrected chi connectivity index (χ0v) is 7.84. The van der Waals surface area contributed by atoms with Gasteiger partial charge in [0.05, 0.1) is 12.8 Å². The lowest BCUT2D eigenvalue weighted by Gasteiger charge is -2.20. The maximum atomic E-state index is 8.92. The van der Waals surface area contributed by atoms with E-state index < -0.39 is 6.85 Å². The van der Waals surface area contributed by atoms with Crippen LogP contribution < -0.4 is 5.23 Å². The van der Waals surface area contributed by atoms with E-state index in [0.717, 1.165) is 6.54 Å². The Labute approximate surface area is 80.1 Å². The first-order valence-electron chi connectivity index (χ1n) is 5.14. The molecule has 0 aromatic carbocycles. The average Bonchev–Trinajstić information content (AvgIpc) is 2.67. The minimum Gasteiger partial charge on any atom is -0.472 e. The van der Waals surface area contributed by atoms with E-state index in [-0.39, 0.29) is 0 Å². The second kappa shape index (κ2) is 3.89. The van der Waals surface area contributed by atoms with Gasteiger partial charge in [-0.3, -0.25) is 0 Å². The Morgan fingerprint density at radius 1 is 1.54 bits per heavy atom. The molecule has 0 saturated heterocycles. The predicted molar refractivity (Wildman–Crippen MR) is 54.9 cm³/mol. The van der Waals surface area contributed by atoms with Crippen LogP contribution in [0.25, 0.3) is 0 Å². The van der Waals surface area contributed by atoms with Crippen molar-refractivity contribution in [2.45, 2.75) is 25.7 Å². The molecule has 1 aliphatic heterocycles. The molecule has 0 amide bonds. The number of nitrogens with zero attached hydrogens (tertiary/aromatic N) is 1. The Morgan fingerprint density at radius 2 is 2.46 bits per heavy atom. The van der Waals surface area contributed by atoms with E-state index in [1.54, 1.807) is 0 Å². The molecule has 1 aliphatic carbocycles. The standard InChI is InChI=1S/C10H14BN2/c12-8-11-10(6-7-13-11)9-4-2-1-3-5-9/h4,6,11,13H,1-3,5,7H2. The monoisotopic (exact) mass is 173 g/mol. The van der Waals surface area contributed by atoms with Crippen molar-refractivity contribution in [3.8, 4) is 5.97 Å². The Bertz CT molecular complexity index is 248. The molecule has 0 aromatic rings. The highest BCUT2D eigenvalue weighted by molar-refractivity contribution is 6.73. The maximum absolute atomic E-state index is 8.92. The van der Waals surface area contributed by atoms with Gasteiger partial charge in [0.2, 0.25) is 0 Å². The van der Waals surface area contributed by atoms with E-state index in [0.29, 0.717) is 0 Å². The molecule has 13 heavy (non-hydrogen) atoms. The van der Waals surface area contributed by atoms with Crippen molar-refractivity contribution in [3.63, 3.8) is 0 Å². The summed E-state index contributed by atoms with van der Waals surface area (Å²) >= 11 is 0. The Kier molecular flexibility index (Phi) is 2.61. The van der Waals surface area contributed by atoms with Gasteiger partial charge in [-0.2, -0.15) is 5.47 Å². The number of hydrogen-bond acceptors (Lipinski definition) is 2. The molecule has 0 bridgehead atoms. The average molecular weight is 173 g/mol. The molecule has 3 heteroatoms. The number of hydrogen-bond donors (Lipinski definition) is 1. The van der Waals surface area contributed by atoms with E-state index in [1.807, 2.05) is 0 Å². The minimum absolute atomic E-state index is 0.861. The van der Waals surface area contributed by atoms with Gasteiger partial charge in [0.1, 0.15) is 5.92 Å². The van der Waals surface area contributed by atoms with Gasteiger partial charge in [-0.25, -0.2) is 5.26 Å². The number of allylic oxidation sites excluding steroid dienone is 1. The molecule has 1 saturated carbocycles. The van der Waals surface area contributed by atoms with E-state index in [4.69, 9.17) is 5.26 Å². The fourth-order valence-electron chi connectivity index (χ4n) is 2.25. The summed E-state index contributed by atoms with van der Waals surface area (Å²) in [7, 11) is 0. The highest BCUT2D eigenvalue weighted by Gasteiger charge is 2.29. The Morgan fingerprint density at radius 3 is 3.15 bits per heavy atom. The van der Waals surface area contributed by atoms with E-state index in [9.17, 15) is 0 Å². The first-order valence-corrected chi connectivity index (χ1v) is 5.14. The first kappa shape index (κ1) is 8.71. The summed E-state index contributed by atoms with van der Waals surface area (Å²) in [5, 5.41) is 12.2. The van der Waals surface area contributed by atoms with Crippen LogP contribution in [0.3, 0.4) is 0 Å². The molecule has 1 fully saturated rings. The van der Waals surface area contributed by atoms with Crippen molar-refractivity contribution in [3.05, 3.63) is 23.9 Å². The summed E-state index contributed by atoms with van der Waals surface area (Å²) in [4.78, 5) is 0. The molecule has 2 nitrogen and oxygen atoms in total. The lowest BCUT2D eigenvalue weighted by atomic mass is 9.53. The zero-order chi connectivity index (χ0) is 9.10. The number of nitriles is 1. The third kappa shape index (κ3) is 1.73. The Hall–Kier alpha value is -0.875. The molecular weight excluding hydrogens is 159 g/mol. The van der Waals surface area contributed by atoms with Crippen LogP contribution in [0, 0.1) is 23.6 Å². The predicted octanol–water partition coefficient (Wildman–Crippen LogP) is 1.19. The molecule has 0 spiro atoms. The van der Waals surface area contributed by atoms with Gasteiger partial charge in [0, 0.05) is 0 Å². The van der Waals surface area contributed by atoms with E-state index in [1.165, 1.54) is 37.1 Å².